The predicted octanol–water partition coefficient (Wildman–Crippen LogP) is 0.701. The number of alkyl halides is 3. The standard InChI is InChI=1S/C9H15F3N4O/c1-7(4-9(10,11)12)13-5-8-6-16(2-3-17)15-14-8/h6-7,13,17H,2-5H2,1H3. The fourth-order valence-electron chi connectivity index (χ4n) is 1.33. The van der Waals surface area contributed by atoms with Crippen LogP contribution in [0.15, 0.2) is 6.20 Å². The highest BCUT2D eigenvalue weighted by Crippen LogP contribution is 2.21. The number of rotatable bonds is 6. The summed E-state index contributed by atoms with van der Waals surface area (Å²) >= 11 is 0. The van der Waals surface area contributed by atoms with Crippen molar-refractivity contribution in [1.82, 2.24) is 20.3 Å². The van der Waals surface area contributed by atoms with Crippen molar-refractivity contribution in [2.24, 2.45) is 0 Å². The van der Waals surface area contributed by atoms with Crippen molar-refractivity contribution in [3.05, 3.63) is 11.9 Å². The molecule has 1 heterocycles. The third-order valence-electron chi connectivity index (χ3n) is 2.08. The molecule has 1 atom stereocenters. The number of hydrogen-bond donors (Lipinski definition) is 2. The van der Waals surface area contributed by atoms with E-state index in [9.17, 15) is 13.2 Å². The van der Waals surface area contributed by atoms with Crippen LogP contribution in [0.5, 0.6) is 0 Å². The zero-order valence-corrected chi connectivity index (χ0v) is 9.41. The van der Waals surface area contributed by atoms with Crippen LogP contribution in [0, 0.1) is 0 Å². The van der Waals surface area contributed by atoms with Crippen molar-refractivity contribution in [1.29, 1.82) is 0 Å². The summed E-state index contributed by atoms with van der Waals surface area (Å²) in [5.74, 6) is 0. The quantitative estimate of drug-likeness (QED) is 0.782. The van der Waals surface area contributed by atoms with Crippen LogP contribution >= 0.6 is 0 Å². The molecular formula is C9H15F3N4O. The summed E-state index contributed by atoms with van der Waals surface area (Å²) < 4.78 is 37.5. The van der Waals surface area contributed by atoms with E-state index in [0.29, 0.717) is 12.2 Å². The second-order valence-electron chi connectivity index (χ2n) is 3.80. The summed E-state index contributed by atoms with van der Waals surface area (Å²) in [6.07, 6.45) is -3.46. The maximum atomic E-state index is 12.0. The molecule has 1 aromatic rings. The topological polar surface area (TPSA) is 63.0 Å². The lowest BCUT2D eigenvalue weighted by Crippen LogP contribution is -2.30. The number of nitrogens with zero attached hydrogens (tertiary/aromatic N) is 3. The fraction of sp³-hybridized carbons (Fsp3) is 0.778. The van der Waals surface area contributed by atoms with Crippen LogP contribution in [0.3, 0.4) is 0 Å². The molecule has 17 heavy (non-hydrogen) atoms. The first-order chi connectivity index (χ1) is 7.90. The van der Waals surface area contributed by atoms with Crippen LogP contribution in [-0.2, 0) is 13.1 Å². The first kappa shape index (κ1) is 13.9. The van der Waals surface area contributed by atoms with Crippen LogP contribution in [0.2, 0.25) is 0 Å². The van der Waals surface area contributed by atoms with Crippen molar-refractivity contribution in [3.8, 4) is 0 Å². The average Bonchev–Trinajstić information content (AvgIpc) is 2.61. The highest BCUT2D eigenvalue weighted by atomic mass is 19.4. The number of halogens is 3. The molecule has 0 aliphatic carbocycles. The van der Waals surface area contributed by atoms with E-state index in [4.69, 9.17) is 5.11 Å². The first-order valence-electron chi connectivity index (χ1n) is 5.20. The Morgan fingerprint density at radius 2 is 2.24 bits per heavy atom. The molecule has 0 aliphatic heterocycles. The van der Waals surface area contributed by atoms with Crippen molar-refractivity contribution in [2.75, 3.05) is 6.61 Å². The molecule has 1 rings (SSSR count). The van der Waals surface area contributed by atoms with Gasteiger partial charge in [-0.05, 0) is 6.92 Å². The number of aliphatic hydroxyl groups is 1. The minimum atomic E-state index is -4.17. The Hall–Kier alpha value is -1.15. The second kappa shape index (κ2) is 5.97. The summed E-state index contributed by atoms with van der Waals surface area (Å²) in [7, 11) is 0. The van der Waals surface area contributed by atoms with E-state index in [2.05, 4.69) is 15.6 Å². The van der Waals surface area contributed by atoms with Gasteiger partial charge >= 0.3 is 6.18 Å². The molecule has 0 saturated heterocycles. The lowest BCUT2D eigenvalue weighted by atomic mass is 10.2. The Bertz CT molecular complexity index is 339. The Balaban J connectivity index is 2.34. The third-order valence-corrected chi connectivity index (χ3v) is 2.08. The van der Waals surface area contributed by atoms with Crippen LogP contribution < -0.4 is 5.32 Å². The van der Waals surface area contributed by atoms with E-state index in [1.807, 2.05) is 0 Å². The third kappa shape index (κ3) is 5.64. The van der Waals surface area contributed by atoms with Crippen LogP contribution in [0.4, 0.5) is 13.2 Å². The van der Waals surface area contributed by atoms with Gasteiger partial charge in [0.1, 0.15) is 0 Å². The van der Waals surface area contributed by atoms with Gasteiger partial charge in [0.25, 0.3) is 0 Å². The van der Waals surface area contributed by atoms with Gasteiger partial charge in [0.15, 0.2) is 0 Å². The van der Waals surface area contributed by atoms with Crippen molar-refractivity contribution < 1.29 is 18.3 Å². The van der Waals surface area contributed by atoms with Gasteiger partial charge in [0, 0.05) is 18.8 Å². The van der Waals surface area contributed by atoms with Crippen molar-refractivity contribution in [3.63, 3.8) is 0 Å². The molecule has 0 aliphatic rings. The Morgan fingerprint density at radius 1 is 1.53 bits per heavy atom. The van der Waals surface area contributed by atoms with Gasteiger partial charge in [-0.3, -0.25) is 0 Å². The average molecular weight is 252 g/mol. The predicted molar refractivity (Wildman–Crippen MR) is 54.1 cm³/mol. The molecule has 0 radical (unpaired) electrons. The second-order valence-corrected chi connectivity index (χ2v) is 3.80. The van der Waals surface area contributed by atoms with Gasteiger partial charge in [0.2, 0.25) is 0 Å². The lowest BCUT2D eigenvalue weighted by Gasteiger charge is -2.14. The zero-order valence-electron chi connectivity index (χ0n) is 9.41. The normalized spacial score (nSPS) is 13.9. The van der Waals surface area contributed by atoms with Crippen molar-refractivity contribution in [2.45, 2.75) is 38.7 Å². The molecule has 0 bridgehead atoms. The monoisotopic (exact) mass is 252 g/mol. The SMILES string of the molecule is CC(CC(F)(F)F)NCc1cn(CCO)nn1. The van der Waals surface area contributed by atoms with Gasteiger partial charge in [-0.1, -0.05) is 5.21 Å². The van der Waals surface area contributed by atoms with Gasteiger partial charge in [-0.25, -0.2) is 4.68 Å². The maximum absolute atomic E-state index is 12.0. The summed E-state index contributed by atoms with van der Waals surface area (Å²) in [6.45, 7) is 1.96. The lowest BCUT2D eigenvalue weighted by molar-refractivity contribution is -0.139. The van der Waals surface area contributed by atoms with Crippen LogP contribution in [0.25, 0.3) is 0 Å². The van der Waals surface area contributed by atoms with E-state index < -0.39 is 18.6 Å². The van der Waals surface area contributed by atoms with E-state index in [1.165, 1.54) is 11.6 Å². The van der Waals surface area contributed by atoms with Crippen LogP contribution in [0.1, 0.15) is 19.0 Å². The molecule has 0 fully saturated rings. The fourth-order valence-corrected chi connectivity index (χ4v) is 1.33. The molecule has 1 unspecified atom stereocenters. The van der Waals surface area contributed by atoms with Crippen LogP contribution in [-0.4, -0.2) is 38.9 Å². The number of aromatic nitrogens is 3. The van der Waals surface area contributed by atoms with Gasteiger partial charge in [-0.15, -0.1) is 5.10 Å². The largest absolute Gasteiger partial charge is 0.394 e. The molecule has 1 aromatic heterocycles. The van der Waals surface area contributed by atoms with Crippen molar-refractivity contribution >= 4 is 0 Å². The van der Waals surface area contributed by atoms with E-state index in [1.54, 1.807) is 6.20 Å². The van der Waals surface area contributed by atoms with Gasteiger partial charge < -0.3 is 10.4 Å². The smallest absolute Gasteiger partial charge is 0.390 e. The zero-order chi connectivity index (χ0) is 12.9. The Morgan fingerprint density at radius 3 is 2.82 bits per heavy atom. The highest BCUT2D eigenvalue weighted by molar-refractivity contribution is 4.92. The molecule has 98 valence electrons. The van der Waals surface area contributed by atoms with E-state index in [-0.39, 0.29) is 13.2 Å². The molecular weight excluding hydrogens is 237 g/mol. The summed E-state index contributed by atoms with van der Waals surface area (Å²) in [6, 6.07) is -0.669. The minimum absolute atomic E-state index is 0.0549. The summed E-state index contributed by atoms with van der Waals surface area (Å²) in [4.78, 5) is 0. The molecule has 0 saturated carbocycles. The number of hydrogen-bond acceptors (Lipinski definition) is 4. The molecule has 8 heteroatoms. The number of aliphatic hydroxyl groups excluding tert-OH is 1. The molecule has 0 aromatic carbocycles. The molecule has 0 spiro atoms. The Labute approximate surface area is 96.6 Å². The molecule has 2 N–H and O–H groups in total. The van der Waals surface area contributed by atoms with Gasteiger partial charge in [0.05, 0.1) is 25.3 Å². The summed E-state index contributed by atoms with van der Waals surface area (Å²) in [5.41, 5.74) is 0.549. The van der Waals surface area contributed by atoms with Gasteiger partial charge in [-0.2, -0.15) is 13.2 Å². The highest BCUT2D eigenvalue weighted by Gasteiger charge is 2.29. The molecule has 5 nitrogen and oxygen atoms in total. The summed E-state index contributed by atoms with van der Waals surface area (Å²) in [5, 5.41) is 18.8. The Kier molecular flexibility index (Phi) is 4.88. The molecule has 0 amide bonds. The number of nitrogens with one attached hydrogen (secondary N) is 1. The van der Waals surface area contributed by atoms with E-state index in [0.717, 1.165) is 0 Å². The minimum Gasteiger partial charge on any atom is -0.394 e. The first-order valence-corrected chi connectivity index (χ1v) is 5.20. The maximum Gasteiger partial charge on any atom is 0.390 e. The van der Waals surface area contributed by atoms with E-state index >= 15 is 0 Å².